The van der Waals surface area contributed by atoms with E-state index >= 15 is 0 Å². The van der Waals surface area contributed by atoms with Gasteiger partial charge in [-0.3, -0.25) is 0 Å². The molecule has 0 aliphatic carbocycles. The number of anilines is 1. The van der Waals surface area contributed by atoms with Crippen LogP contribution in [0, 0.1) is 13.8 Å². The summed E-state index contributed by atoms with van der Waals surface area (Å²) in [4.78, 5) is 17.5. The van der Waals surface area contributed by atoms with Gasteiger partial charge in [-0.25, -0.2) is 19.9 Å². The molecular formula is C13H17N5S. The van der Waals surface area contributed by atoms with Crippen molar-refractivity contribution in [2.75, 3.05) is 5.73 Å². The highest BCUT2D eigenvalue weighted by Crippen LogP contribution is 2.25. The lowest BCUT2D eigenvalue weighted by molar-refractivity contribution is 0.755. The quantitative estimate of drug-likeness (QED) is 0.685. The Kier molecular flexibility index (Phi) is 3.99. The molecule has 2 rings (SSSR count). The van der Waals surface area contributed by atoms with E-state index in [4.69, 9.17) is 5.73 Å². The molecule has 5 nitrogen and oxygen atoms in total. The molecule has 0 unspecified atom stereocenters. The van der Waals surface area contributed by atoms with Crippen LogP contribution in [0.3, 0.4) is 0 Å². The summed E-state index contributed by atoms with van der Waals surface area (Å²) in [5.74, 6) is 1.46. The standard InChI is InChI=1S/C13H17N5S/c1-7(2)12-17-10(14)6-11(18-12)19-13-15-8(3)5-9(4)16-13/h5-7H,1-4H3,(H2,14,17,18). The fourth-order valence-electron chi connectivity index (χ4n) is 1.60. The molecule has 0 bridgehead atoms. The topological polar surface area (TPSA) is 77.6 Å². The van der Waals surface area contributed by atoms with Gasteiger partial charge in [0.1, 0.15) is 16.7 Å². The van der Waals surface area contributed by atoms with Crippen molar-refractivity contribution >= 4 is 17.6 Å². The van der Waals surface area contributed by atoms with Crippen molar-refractivity contribution in [3.8, 4) is 0 Å². The van der Waals surface area contributed by atoms with E-state index in [2.05, 4.69) is 19.9 Å². The highest BCUT2D eigenvalue weighted by atomic mass is 32.2. The Labute approximate surface area is 117 Å². The van der Waals surface area contributed by atoms with Crippen LogP contribution < -0.4 is 5.73 Å². The largest absolute Gasteiger partial charge is 0.384 e. The molecule has 0 saturated heterocycles. The molecule has 2 aromatic heterocycles. The highest BCUT2D eigenvalue weighted by molar-refractivity contribution is 7.99. The van der Waals surface area contributed by atoms with Crippen molar-refractivity contribution in [3.63, 3.8) is 0 Å². The molecule has 0 radical (unpaired) electrons. The van der Waals surface area contributed by atoms with Gasteiger partial charge in [0.05, 0.1) is 0 Å². The van der Waals surface area contributed by atoms with Gasteiger partial charge in [-0.2, -0.15) is 0 Å². The monoisotopic (exact) mass is 275 g/mol. The predicted molar refractivity (Wildman–Crippen MR) is 76.2 cm³/mol. The SMILES string of the molecule is Cc1cc(C)nc(Sc2cc(N)nc(C(C)C)n2)n1. The summed E-state index contributed by atoms with van der Waals surface area (Å²) >= 11 is 1.41. The molecule has 2 aromatic rings. The van der Waals surface area contributed by atoms with Crippen LogP contribution in [0.4, 0.5) is 5.82 Å². The van der Waals surface area contributed by atoms with Crippen LogP contribution in [0.1, 0.15) is 37.0 Å². The molecule has 0 spiro atoms. The first-order valence-electron chi connectivity index (χ1n) is 6.08. The molecule has 0 atom stereocenters. The Hall–Kier alpha value is -1.69. The van der Waals surface area contributed by atoms with Crippen LogP contribution in [-0.2, 0) is 0 Å². The van der Waals surface area contributed by atoms with Gasteiger partial charge in [0, 0.05) is 23.4 Å². The average molecular weight is 275 g/mol. The first-order chi connectivity index (χ1) is 8.94. The summed E-state index contributed by atoms with van der Waals surface area (Å²) in [6.07, 6.45) is 0. The third-order valence-electron chi connectivity index (χ3n) is 2.41. The zero-order valence-electron chi connectivity index (χ0n) is 11.5. The maximum absolute atomic E-state index is 5.81. The molecule has 0 aromatic carbocycles. The molecule has 2 N–H and O–H groups in total. The second-order valence-corrected chi connectivity index (χ2v) is 5.67. The average Bonchev–Trinajstić information content (AvgIpc) is 2.26. The third-order valence-corrected chi connectivity index (χ3v) is 3.20. The minimum Gasteiger partial charge on any atom is -0.384 e. The zero-order valence-corrected chi connectivity index (χ0v) is 12.3. The summed E-state index contributed by atoms with van der Waals surface area (Å²) in [6, 6.07) is 3.69. The molecule has 19 heavy (non-hydrogen) atoms. The van der Waals surface area contributed by atoms with Crippen molar-refractivity contribution < 1.29 is 0 Å². The molecule has 6 heteroatoms. The van der Waals surface area contributed by atoms with Crippen molar-refractivity contribution in [1.82, 2.24) is 19.9 Å². The lowest BCUT2D eigenvalue weighted by Gasteiger charge is -2.07. The molecule has 100 valence electrons. The third kappa shape index (κ3) is 3.64. The molecule has 0 aliphatic heterocycles. The number of nitrogen functional groups attached to an aromatic ring is 1. The molecule has 0 aliphatic rings. The Morgan fingerprint density at radius 2 is 1.63 bits per heavy atom. The fourth-order valence-corrected chi connectivity index (χ4v) is 2.49. The number of nitrogens with two attached hydrogens (primary N) is 1. The summed E-state index contributed by atoms with van der Waals surface area (Å²) in [7, 11) is 0. The molecule has 0 fully saturated rings. The van der Waals surface area contributed by atoms with Gasteiger partial charge in [0.2, 0.25) is 0 Å². The van der Waals surface area contributed by atoms with Crippen LogP contribution in [0.25, 0.3) is 0 Å². The number of hydrogen-bond donors (Lipinski definition) is 1. The number of hydrogen-bond acceptors (Lipinski definition) is 6. The Bertz CT molecular complexity index is 577. The van der Waals surface area contributed by atoms with Crippen molar-refractivity contribution in [1.29, 1.82) is 0 Å². The van der Waals surface area contributed by atoms with Crippen LogP contribution >= 0.6 is 11.8 Å². The van der Waals surface area contributed by atoms with Crippen molar-refractivity contribution in [2.24, 2.45) is 0 Å². The predicted octanol–water partition coefficient (Wildman–Crippen LogP) is 2.74. The van der Waals surface area contributed by atoms with Gasteiger partial charge in [-0.1, -0.05) is 13.8 Å². The summed E-state index contributed by atoms with van der Waals surface area (Å²) in [6.45, 7) is 7.98. The van der Waals surface area contributed by atoms with Gasteiger partial charge in [-0.05, 0) is 31.7 Å². The lowest BCUT2D eigenvalue weighted by atomic mass is 10.2. The van der Waals surface area contributed by atoms with Crippen LogP contribution in [0.15, 0.2) is 22.3 Å². The van der Waals surface area contributed by atoms with Gasteiger partial charge in [-0.15, -0.1) is 0 Å². The first-order valence-corrected chi connectivity index (χ1v) is 6.90. The van der Waals surface area contributed by atoms with Crippen molar-refractivity contribution in [2.45, 2.75) is 43.8 Å². The van der Waals surface area contributed by atoms with Crippen LogP contribution in [-0.4, -0.2) is 19.9 Å². The minimum absolute atomic E-state index is 0.239. The minimum atomic E-state index is 0.239. The fraction of sp³-hybridized carbons (Fsp3) is 0.385. The Morgan fingerprint density at radius 3 is 2.21 bits per heavy atom. The maximum atomic E-state index is 5.81. The van der Waals surface area contributed by atoms with Gasteiger partial charge in [0.25, 0.3) is 0 Å². The zero-order chi connectivity index (χ0) is 14.0. The maximum Gasteiger partial charge on any atom is 0.194 e. The lowest BCUT2D eigenvalue weighted by Crippen LogP contribution is -2.02. The van der Waals surface area contributed by atoms with Gasteiger partial charge < -0.3 is 5.73 Å². The van der Waals surface area contributed by atoms with E-state index < -0.39 is 0 Å². The molecule has 0 amide bonds. The number of nitrogens with zero attached hydrogens (tertiary/aromatic N) is 4. The highest BCUT2D eigenvalue weighted by Gasteiger charge is 2.09. The van der Waals surface area contributed by atoms with Gasteiger partial charge in [0.15, 0.2) is 5.16 Å². The second-order valence-electron chi connectivity index (χ2n) is 4.68. The van der Waals surface area contributed by atoms with E-state index in [-0.39, 0.29) is 5.92 Å². The molecule has 2 heterocycles. The van der Waals surface area contributed by atoms with E-state index in [1.54, 1.807) is 6.07 Å². The summed E-state index contributed by atoms with van der Waals surface area (Å²) in [5.41, 5.74) is 7.70. The van der Waals surface area contributed by atoms with Crippen molar-refractivity contribution in [3.05, 3.63) is 29.3 Å². The van der Waals surface area contributed by atoms with E-state index in [1.165, 1.54) is 11.8 Å². The smallest absolute Gasteiger partial charge is 0.194 e. The first kappa shape index (κ1) is 13.7. The molecule has 0 saturated carbocycles. The summed E-state index contributed by atoms with van der Waals surface area (Å²) in [5, 5.41) is 1.46. The van der Waals surface area contributed by atoms with Gasteiger partial charge >= 0.3 is 0 Å². The van der Waals surface area contributed by atoms with E-state index in [1.807, 2.05) is 33.8 Å². The number of rotatable bonds is 3. The number of aromatic nitrogens is 4. The van der Waals surface area contributed by atoms with E-state index in [0.717, 1.165) is 22.2 Å². The Balaban J connectivity index is 2.32. The summed E-state index contributed by atoms with van der Waals surface area (Å²) < 4.78 is 0. The number of aryl methyl sites for hydroxylation is 2. The van der Waals surface area contributed by atoms with E-state index in [0.29, 0.717) is 11.0 Å². The molecular weight excluding hydrogens is 258 g/mol. The second kappa shape index (κ2) is 5.52. The van der Waals surface area contributed by atoms with E-state index in [9.17, 15) is 0 Å². The van der Waals surface area contributed by atoms with Crippen LogP contribution in [0.5, 0.6) is 0 Å². The van der Waals surface area contributed by atoms with Crippen LogP contribution in [0.2, 0.25) is 0 Å². The normalized spacial score (nSPS) is 11.0. The Morgan fingerprint density at radius 1 is 1.00 bits per heavy atom.